The van der Waals surface area contributed by atoms with Crippen LogP contribution >= 0.6 is 0 Å². The molecule has 0 aromatic rings. The van der Waals surface area contributed by atoms with Crippen LogP contribution in [-0.4, -0.2) is 42.0 Å². The highest BCUT2D eigenvalue weighted by atomic mass is 16.5. The second-order valence-electron chi connectivity index (χ2n) is 4.04. The summed E-state index contributed by atoms with van der Waals surface area (Å²) < 4.78 is 4.83. The van der Waals surface area contributed by atoms with E-state index in [9.17, 15) is 9.59 Å². The maximum atomic E-state index is 11.0. The molecule has 0 aliphatic carbocycles. The molecule has 0 radical (unpaired) electrons. The number of carboxylic acid groups (broad SMARTS) is 1. The van der Waals surface area contributed by atoms with Gasteiger partial charge in [0.25, 0.3) is 0 Å². The topological polar surface area (TPSA) is 95.9 Å². The molecule has 1 unspecified atom stereocenters. The Labute approximate surface area is 94.6 Å². The molecule has 0 aliphatic rings. The highest BCUT2D eigenvalue weighted by molar-refractivity contribution is 5.76. The van der Waals surface area contributed by atoms with Crippen molar-refractivity contribution < 1.29 is 24.5 Å². The molecule has 3 N–H and O–H groups in total. The fourth-order valence-electron chi connectivity index (χ4n) is 1.24. The molecule has 1 atom stereocenters. The summed E-state index contributed by atoms with van der Waals surface area (Å²) in [6.45, 7) is 3.30. The van der Waals surface area contributed by atoms with Crippen LogP contribution in [0.25, 0.3) is 0 Å². The Kier molecular flexibility index (Phi) is 6.48. The minimum atomic E-state index is -1.13. The van der Waals surface area contributed by atoms with E-state index in [1.165, 1.54) is 0 Å². The van der Waals surface area contributed by atoms with Crippen LogP contribution in [0.3, 0.4) is 0 Å². The molecule has 94 valence electrons. The van der Waals surface area contributed by atoms with Gasteiger partial charge in [-0.05, 0) is 6.42 Å². The number of hydrogen-bond donors (Lipinski definition) is 3. The van der Waals surface area contributed by atoms with Gasteiger partial charge in [0.15, 0.2) is 0 Å². The summed E-state index contributed by atoms with van der Waals surface area (Å²) >= 11 is 0. The quantitative estimate of drug-likeness (QED) is 0.598. The minimum absolute atomic E-state index is 0.0722. The predicted octanol–water partition coefficient (Wildman–Crippen LogP) is 0.596. The van der Waals surface area contributed by atoms with E-state index in [1.807, 2.05) is 6.92 Å². The maximum Gasteiger partial charge on any atom is 0.407 e. The number of alkyl carbamates (subject to hydrolysis) is 1. The van der Waals surface area contributed by atoms with Crippen molar-refractivity contribution in [3.8, 4) is 0 Å². The second-order valence-corrected chi connectivity index (χ2v) is 4.04. The number of carboxylic acids is 1. The van der Waals surface area contributed by atoms with Gasteiger partial charge in [0, 0.05) is 5.41 Å². The van der Waals surface area contributed by atoms with Crippen LogP contribution in [0.1, 0.15) is 26.7 Å². The Bertz CT molecular complexity index is 243. The van der Waals surface area contributed by atoms with Crippen molar-refractivity contribution in [1.82, 2.24) is 5.32 Å². The third-order valence-electron chi connectivity index (χ3n) is 2.17. The third-order valence-corrected chi connectivity index (χ3v) is 2.17. The number of hydrogen-bond acceptors (Lipinski definition) is 4. The van der Waals surface area contributed by atoms with Crippen molar-refractivity contribution in [1.29, 1.82) is 0 Å². The van der Waals surface area contributed by atoms with Gasteiger partial charge in [-0.1, -0.05) is 20.3 Å². The standard InChI is InChI=1S/C10H19NO5/c1-3-4-10(2,6-12)7-16-9(15)11-5-8(13)14/h12H,3-7H2,1-2H3,(H,11,15)(H,13,14). The van der Waals surface area contributed by atoms with Gasteiger partial charge in [-0.3, -0.25) is 4.79 Å². The van der Waals surface area contributed by atoms with Gasteiger partial charge in [-0.25, -0.2) is 4.79 Å². The maximum absolute atomic E-state index is 11.0. The van der Waals surface area contributed by atoms with Crippen LogP contribution in [0.15, 0.2) is 0 Å². The first-order valence-electron chi connectivity index (χ1n) is 5.17. The van der Waals surface area contributed by atoms with Crippen LogP contribution in [0.4, 0.5) is 4.79 Å². The summed E-state index contributed by atoms with van der Waals surface area (Å²) in [5.41, 5.74) is -0.463. The lowest BCUT2D eigenvalue weighted by Crippen LogP contribution is -2.35. The van der Waals surface area contributed by atoms with Crippen molar-refractivity contribution in [2.75, 3.05) is 19.8 Å². The molecule has 1 amide bonds. The number of ether oxygens (including phenoxy) is 1. The summed E-state index contributed by atoms with van der Waals surface area (Å²) in [5.74, 6) is -1.13. The normalized spacial score (nSPS) is 13.9. The number of aliphatic carboxylic acids is 1. The van der Waals surface area contributed by atoms with E-state index in [0.29, 0.717) is 0 Å². The molecule has 0 fully saturated rings. The Morgan fingerprint density at radius 1 is 1.44 bits per heavy atom. The van der Waals surface area contributed by atoms with E-state index in [2.05, 4.69) is 5.32 Å². The summed E-state index contributed by atoms with van der Waals surface area (Å²) in [7, 11) is 0. The predicted molar refractivity (Wildman–Crippen MR) is 57.1 cm³/mol. The van der Waals surface area contributed by atoms with E-state index in [4.69, 9.17) is 14.9 Å². The number of nitrogens with one attached hydrogen (secondary N) is 1. The van der Waals surface area contributed by atoms with E-state index in [1.54, 1.807) is 6.92 Å². The lowest BCUT2D eigenvalue weighted by Gasteiger charge is -2.25. The van der Waals surface area contributed by atoms with Gasteiger partial charge in [0.05, 0.1) is 6.61 Å². The highest BCUT2D eigenvalue weighted by Crippen LogP contribution is 2.22. The zero-order valence-electron chi connectivity index (χ0n) is 9.65. The lowest BCUT2D eigenvalue weighted by molar-refractivity contribution is -0.135. The monoisotopic (exact) mass is 233 g/mol. The van der Waals surface area contributed by atoms with Crippen molar-refractivity contribution in [3.05, 3.63) is 0 Å². The summed E-state index contributed by atoms with van der Waals surface area (Å²) in [4.78, 5) is 21.2. The number of aliphatic hydroxyl groups excluding tert-OH is 1. The zero-order valence-corrected chi connectivity index (χ0v) is 9.65. The molecule has 0 saturated heterocycles. The minimum Gasteiger partial charge on any atom is -0.480 e. The summed E-state index contributed by atoms with van der Waals surface area (Å²) in [6.07, 6.45) is 0.825. The molecule has 0 heterocycles. The molecule has 0 aliphatic heterocycles. The fraction of sp³-hybridized carbons (Fsp3) is 0.800. The van der Waals surface area contributed by atoms with E-state index >= 15 is 0 Å². The van der Waals surface area contributed by atoms with Crippen molar-refractivity contribution in [2.45, 2.75) is 26.7 Å². The van der Waals surface area contributed by atoms with Crippen LogP contribution < -0.4 is 5.32 Å². The van der Waals surface area contributed by atoms with Gasteiger partial charge in [0.1, 0.15) is 13.2 Å². The Balaban J connectivity index is 3.92. The number of carbonyl (C=O) groups is 2. The molecule has 0 aromatic heterocycles. The van der Waals surface area contributed by atoms with Crippen LogP contribution in [-0.2, 0) is 9.53 Å². The molecular formula is C10H19NO5. The SMILES string of the molecule is CCCC(C)(CO)COC(=O)NCC(=O)O. The van der Waals surface area contributed by atoms with Gasteiger partial charge in [0.2, 0.25) is 0 Å². The third kappa shape index (κ3) is 6.23. The van der Waals surface area contributed by atoms with Gasteiger partial charge in [-0.2, -0.15) is 0 Å². The van der Waals surface area contributed by atoms with Crippen LogP contribution in [0.5, 0.6) is 0 Å². The van der Waals surface area contributed by atoms with Crippen molar-refractivity contribution >= 4 is 12.1 Å². The van der Waals surface area contributed by atoms with Crippen molar-refractivity contribution in [2.24, 2.45) is 5.41 Å². The average Bonchev–Trinajstić information content (AvgIpc) is 2.24. The van der Waals surface area contributed by atoms with E-state index in [-0.39, 0.29) is 13.2 Å². The van der Waals surface area contributed by atoms with Crippen LogP contribution in [0.2, 0.25) is 0 Å². The highest BCUT2D eigenvalue weighted by Gasteiger charge is 2.24. The van der Waals surface area contributed by atoms with Gasteiger partial charge < -0.3 is 20.3 Å². The van der Waals surface area contributed by atoms with Crippen LogP contribution in [0, 0.1) is 5.41 Å². The molecule has 16 heavy (non-hydrogen) atoms. The fourth-order valence-corrected chi connectivity index (χ4v) is 1.24. The average molecular weight is 233 g/mol. The molecule has 0 bridgehead atoms. The Morgan fingerprint density at radius 2 is 2.06 bits per heavy atom. The molecule has 0 aromatic carbocycles. The van der Waals surface area contributed by atoms with Gasteiger partial charge in [-0.15, -0.1) is 0 Å². The zero-order chi connectivity index (χ0) is 12.6. The first kappa shape index (κ1) is 14.7. The van der Waals surface area contributed by atoms with E-state index in [0.717, 1.165) is 12.8 Å². The first-order chi connectivity index (χ1) is 7.43. The smallest absolute Gasteiger partial charge is 0.407 e. The summed E-state index contributed by atoms with van der Waals surface area (Å²) in [6, 6.07) is 0. The molecule has 6 nitrogen and oxygen atoms in total. The van der Waals surface area contributed by atoms with E-state index < -0.39 is 24.0 Å². The lowest BCUT2D eigenvalue weighted by atomic mass is 9.88. The Hall–Kier alpha value is -1.30. The molecule has 0 spiro atoms. The van der Waals surface area contributed by atoms with Gasteiger partial charge >= 0.3 is 12.1 Å². The molecule has 0 rings (SSSR count). The molecule has 0 saturated carbocycles. The molecule has 6 heteroatoms. The largest absolute Gasteiger partial charge is 0.480 e. The number of rotatable bonds is 7. The number of aliphatic hydroxyl groups is 1. The summed E-state index contributed by atoms with van der Waals surface area (Å²) in [5, 5.41) is 19.5. The number of amides is 1. The molecular weight excluding hydrogens is 214 g/mol. The first-order valence-corrected chi connectivity index (χ1v) is 5.17. The number of carbonyl (C=O) groups excluding carboxylic acids is 1. The van der Waals surface area contributed by atoms with Crippen molar-refractivity contribution in [3.63, 3.8) is 0 Å². The second kappa shape index (κ2) is 7.05. The Morgan fingerprint density at radius 3 is 2.50 bits per heavy atom.